The molecule has 0 aromatic heterocycles. The lowest BCUT2D eigenvalue weighted by atomic mass is 10.1. The summed E-state index contributed by atoms with van der Waals surface area (Å²) in [6.45, 7) is 2.14. The summed E-state index contributed by atoms with van der Waals surface area (Å²) in [5.74, 6) is 0. The summed E-state index contributed by atoms with van der Waals surface area (Å²) in [6, 6.07) is 0. The molecular weight excluding hydrogens is 169 g/mol. The average molecular weight is 189 g/mol. The Bertz CT molecular complexity index is 135. The highest BCUT2D eigenvalue weighted by molar-refractivity contribution is 4.86. The molecule has 0 amide bonds. The van der Waals surface area contributed by atoms with Crippen LogP contribution in [0.4, 0.5) is 4.39 Å². The standard InChI is InChI=1S/C10H20FNO/c1-13-8-4-7-12-9-10(11)5-2-3-6-10/h12H,2-9H2,1H3. The van der Waals surface area contributed by atoms with Crippen molar-refractivity contribution >= 4 is 0 Å². The third-order valence-corrected chi connectivity index (χ3v) is 2.64. The van der Waals surface area contributed by atoms with Gasteiger partial charge in [0.25, 0.3) is 0 Å². The molecular formula is C10H20FNO. The van der Waals surface area contributed by atoms with E-state index in [9.17, 15) is 4.39 Å². The van der Waals surface area contributed by atoms with Gasteiger partial charge in [-0.25, -0.2) is 4.39 Å². The fraction of sp³-hybridized carbons (Fsp3) is 1.00. The Morgan fingerprint density at radius 1 is 1.38 bits per heavy atom. The Balaban J connectivity index is 1.98. The van der Waals surface area contributed by atoms with E-state index in [2.05, 4.69) is 5.32 Å². The maximum atomic E-state index is 13.7. The van der Waals surface area contributed by atoms with E-state index in [0.29, 0.717) is 6.54 Å². The largest absolute Gasteiger partial charge is 0.385 e. The minimum Gasteiger partial charge on any atom is -0.385 e. The number of nitrogens with one attached hydrogen (secondary N) is 1. The molecule has 3 heteroatoms. The SMILES string of the molecule is COCCCNCC1(F)CCCC1. The lowest BCUT2D eigenvalue weighted by Crippen LogP contribution is -2.34. The molecule has 0 spiro atoms. The predicted octanol–water partition coefficient (Wildman–Crippen LogP) is 1.89. The van der Waals surface area contributed by atoms with Crippen LogP contribution in [-0.2, 0) is 4.74 Å². The lowest BCUT2D eigenvalue weighted by molar-refractivity contribution is 0.162. The molecule has 1 fully saturated rings. The Hall–Kier alpha value is -0.150. The molecule has 1 aliphatic rings. The first-order valence-corrected chi connectivity index (χ1v) is 5.15. The minimum absolute atomic E-state index is 0.525. The Morgan fingerprint density at radius 2 is 2.08 bits per heavy atom. The Morgan fingerprint density at radius 3 is 2.69 bits per heavy atom. The molecule has 13 heavy (non-hydrogen) atoms. The first-order valence-electron chi connectivity index (χ1n) is 5.15. The number of halogens is 1. The van der Waals surface area contributed by atoms with Crippen LogP contribution in [0.25, 0.3) is 0 Å². The molecule has 1 aliphatic carbocycles. The van der Waals surface area contributed by atoms with Gasteiger partial charge in [0, 0.05) is 20.3 Å². The topological polar surface area (TPSA) is 21.3 Å². The third kappa shape index (κ3) is 4.05. The molecule has 0 aromatic carbocycles. The molecule has 2 nitrogen and oxygen atoms in total. The van der Waals surface area contributed by atoms with Gasteiger partial charge in [0.2, 0.25) is 0 Å². The van der Waals surface area contributed by atoms with Gasteiger partial charge < -0.3 is 10.1 Å². The molecule has 1 saturated carbocycles. The van der Waals surface area contributed by atoms with Crippen LogP contribution < -0.4 is 5.32 Å². The molecule has 1 N–H and O–H groups in total. The second-order valence-corrected chi connectivity index (χ2v) is 3.88. The van der Waals surface area contributed by atoms with Gasteiger partial charge in [0.1, 0.15) is 5.67 Å². The van der Waals surface area contributed by atoms with Crippen LogP contribution in [0.1, 0.15) is 32.1 Å². The lowest BCUT2D eigenvalue weighted by Gasteiger charge is -2.19. The molecule has 0 atom stereocenters. The molecule has 0 aromatic rings. The van der Waals surface area contributed by atoms with Gasteiger partial charge in [0.05, 0.1) is 0 Å². The molecule has 0 aliphatic heterocycles. The van der Waals surface area contributed by atoms with E-state index >= 15 is 0 Å². The normalized spacial score (nSPS) is 20.8. The van der Waals surface area contributed by atoms with Crippen molar-refractivity contribution in [3.8, 4) is 0 Å². The van der Waals surface area contributed by atoms with Crippen LogP contribution in [0, 0.1) is 0 Å². The van der Waals surface area contributed by atoms with E-state index in [1.165, 1.54) is 0 Å². The molecule has 0 bridgehead atoms. The van der Waals surface area contributed by atoms with Crippen LogP contribution in [0.2, 0.25) is 0 Å². The molecule has 0 heterocycles. The van der Waals surface area contributed by atoms with Crippen molar-refractivity contribution < 1.29 is 9.13 Å². The highest BCUT2D eigenvalue weighted by Gasteiger charge is 2.32. The average Bonchev–Trinajstić information content (AvgIpc) is 2.53. The van der Waals surface area contributed by atoms with Crippen LogP contribution in [0.3, 0.4) is 0 Å². The van der Waals surface area contributed by atoms with Gasteiger partial charge >= 0.3 is 0 Å². The van der Waals surface area contributed by atoms with E-state index in [-0.39, 0.29) is 0 Å². The van der Waals surface area contributed by atoms with Gasteiger partial charge in [0.15, 0.2) is 0 Å². The summed E-state index contributed by atoms with van der Waals surface area (Å²) in [7, 11) is 1.69. The predicted molar refractivity (Wildman–Crippen MR) is 51.7 cm³/mol. The quantitative estimate of drug-likeness (QED) is 0.644. The highest BCUT2D eigenvalue weighted by atomic mass is 19.1. The first kappa shape index (κ1) is 10.9. The molecule has 1 rings (SSSR count). The highest BCUT2D eigenvalue weighted by Crippen LogP contribution is 2.32. The maximum Gasteiger partial charge on any atom is 0.123 e. The number of methoxy groups -OCH3 is 1. The van der Waals surface area contributed by atoms with Crippen molar-refractivity contribution in [1.82, 2.24) is 5.32 Å². The zero-order chi connectivity index (χ0) is 9.57. The number of hydrogen-bond acceptors (Lipinski definition) is 2. The smallest absolute Gasteiger partial charge is 0.123 e. The summed E-state index contributed by atoms with van der Waals surface area (Å²) in [6.07, 6.45) is 4.55. The van der Waals surface area contributed by atoms with E-state index in [0.717, 1.165) is 45.3 Å². The fourth-order valence-electron chi connectivity index (χ4n) is 1.84. The van der Waals surface area contributed by atoms with E-state index < -0.39 is 5.67 Å². The monoisotopic (exact) mass is 189 g/mol. The summed E-state index contributed by atoms with van der Waals surface area (Å²) >= 11 is 0. The van der Waals surface area contributed by atoms with E-state index in [1.807, 2.05) is 0 Å². The van der Waals surface area contributed by atoms with Gasteiger partial charge in [-0.2, -0.15) is 0 Å². The third-order valence-electron chi connectivity index (χ3n) is 2.64. The van der Waals surface area contributed by atoms with Crippen LogP contribution >= 0.6 is 0 Å². The summed E-state index contributed by atoms with van der Waals surface area (Å²) in [5.41, 5.74) is -0.910. The van der Waals surface area contributed by atoms with Crippen molar-refractivity contribution in [3.63, 3.8) is 0 Å². The van der Waals surface area contributed by atoms with E-state index in [1.54, 1.807) is 7.11 Å². The minimum atomic E-state index is -0.910. The van der Waals surface area contributed by atoms with Crippen LogP contribution in [0.15, 0.2) is 0 Å². The van der Waals surface area contributed by atoms with Gasteiger partial charge in [-0.15, -0.1) is 0 Å². The number of rotatable bonds is 6. The van der Waals surface area contributed by atoms with Crippen molar-refractivity contribution in [3.05, 3.63) is 0 Å². The molecule has 0 saturated heterocycles. The number of ether oxygens (including phenoxy) is 1. The Kier molecular flexibility index (Phi) is 4.67. The summed E-state index contributed by atoms with van der Waals surface area (Å²) < 4.78 is 18.6. The maximum absolute atomic E-state index is 13.7. The van der Waals surface area contributed by atoms with Crippen molar-refractivity contribution in [1.29, 1.82) is 0 Å². The molecule has 0 unspecified atom stereocenters. The van der Waals surface area contributed by atoms with Gasteiger partial charge in [-0.1, -0.05) is 12.8 Å². The van der Waals surface area contributed by atoms with Crippen LogP contribution in [0.5, 0.6) is 0 Å². The second-order valence-electron chi connectivity index (χ2n) is 3.88. The summed E-state index contributed by atoms with van der Waals surface area (Å²) in [5, 5.41) is 3.15. The first-order chi connectivity index (χ1) is 6.27. The van der Waals surface area contributed by atoms with Gasteiger partial charge in [-0.05, 0) is 25.8 Å². The number of alkyl halides is 1. The molecule has 0 radical (unpaired) electrons. The van der Waals surface area contributed by atoms with Crippen molar-refractivity contribution in [2.24, 2.45) is 0 Å². The fourth-order valence-corrected chi connectivity index (χ4v) is 1.84. The Labute approximate surface area is 79.8 Å². The zero-order valence-electron chi connectivity index (χ0n) is 8.44. The molecule has 78 valence electrons. The summed E-state index contributed by atoms with van der Waals surface area (Å²) in [4.78, 5) is 0. The second kappa shape index (κ2) is 5.55. The van der Waals surface area contributed by atoms with Crippen molar-refractivity contribution in [2.45, 2.75) is 37.8 Å². The van der Waals surface area contributed by atoms with Crippen LogP contribution in [-0.4, -0.2) is 32.5 Å². The van der Waals surface area contributed by atoms with Gasteiger partial charge in [-0.3, -0.25) is 0 Å². The van der Waals surface area contributed by atoms with Crippen molar-refractivity contribution in [2.75, 3.05) is 26.8 Å². The number of hydrogen-bond donors (Lipinski definition) is 1. The zero-order valence-corrected chi connectivity index (χ0v) is 8.44. The van der Waals surface area contributed by atoms with E-state index in [4.69, 9.17) is 4.74 Å².